The summed E-state index contributed by atoms with van der Waals surface area (Å²) in [6.45, 7) is 8.52. The van der Waals surface area contributed by atoms with Gasteiger partial charge in [-0.3, -0.25) is 4.79 Å². The van der Waals surface area contributed by atoms with Gasteiger partial charge in [0.05, 0.1) is 41.2 Å². The van der Waals surface area contributed by atoms with Crippen molar-refractivity contribution in [3.8, 4) is 0 Å². The molecule has 8 nitrogen and oxygen atoms in total. The number of fused-ring (bicyclic) bond motifs is 5. The largest absolute Gasteiger partial charge is 0.392 e. The zero-order chi connectivity index (χ0) is 26.4. The lowest BCUT2D eigenvalue weighted by Crippen LogP contribution is -2.66. The van der Waals surface area contributed by atoms with E-state index >= 15 is 0 Å². The Morgan fingerprint density at radius 1 is 1.06 bits per heavy atom. The number of aliphatic hydroxyl groups excluding tert-OH is 4. The first-order valence-corrected chi connectivity index (χ1v) is 13.0. The Morgan fingerprint density at radius 2 is 1.69 bits per heavy atom. The molecule has 3 fully saturated rings. The van der Waals surface area contributed by atoms with E-state index in [0.29, 0.717) is 12.0 Å². The lowest BCUT2D eigenvalue weighted by atomic mass is 9.45. The molecule has 200 valence electrons. The van der Waals surface area contributed by atoms with Crippen molar-refractivity contribution < 1.29 is 40.5 Å². The van der Waals surface area contributed by atoms with Crippen LogP contribution in [0.15, 0.2) is 11.6 Å². The molecule has 4 rings (SSSR count). The van der Waals surface area contributed by atoms with Crippen molar-refractivity contribution in [2.24, 2.45) is 28.6 Å². The van der Waals surface area contributed by atoms with Gasteiger partial charge in [0.15, 0.2) is 5.78 Å². The third-order valence-electron chi connectivity index (χ3n) is 10.5. The molecule has 35 heavy (non-hydrogen) atoms. The first-order valence-electron chi connectivity index (χ1n) is 13.0. The number of hydrogen-bond donors (Lipinski definition) is 7. The molecule has 4 aliphatic rings. The van der Waals surface area contributed by atoms with E-state index in [1.165, 1.54) is 6.08 Å². The van der Waals surface area contributed by atoms with Gasteiger partial charge in [0.25, 0.3) is 0 Å². The molecular formula is C27H44O8. The maximum Gasteiger partial charge on any atom is 0.159 e. The van der Waals surface area contributed by atoms with E-state index < -0.39 is 69.8 Å². The second-order valence-corrected chi connectivity index (χ2v) is 13.3. The smallest absolute Gasteiger partial charge is 0.159 e. The number of allylic oxidation sites excluding steroid dienone is 1. The Hall–Kier alpha value is -0.870. The summed E-state index contributed by atoms with van der Waals surface area (Å²) in [5.41, 5.74) is -5.42. The van der Waals surface area contributed by atoms with Crippen LogP contribution in [0.25, 0.3) is 0 Å². The van der Waals surface area contributed by atoms with Gasteiger partial charge >= 0.3 is 0 Å². The Kier molecular flexibility index (Phi) is 6.46. The van der Waals surface area contributed by atoms with Crippen molar-refractivity contribution in [2.45, 2.75) is 121 Å². The van der Waals surface area contributed by atoms with Gasteiger partial charge in [-0.05, 0) is 88.7 Å². The van der Waals surface area contributed by atoms with E-state index in [4.69, 9.17) is 0 Å². The van der Waals surface area contributed by atoms with Crippen LogP contribution in [-0.2, 0) is 4.79 Å². The van der Waals surface area contributed by atoms with E-state index in [-0.39, 0.29) is 44.3 Å². The molecule has 4 aliphatic carbocycles. The zero-order valence-corrected chi connectivity index (χ0v) is 21.6. The van der Waals surface area contributed by atoms with E-state index in [1.54, 1.807) is 20.8 Å². The fourth-order valence-corrected chi connectivity index (χ4v) is 8.44. The van der Waals surface area contributed by atoms with E-state index in [2.05, 4.69) is 0 Å². The first kappa shape index (κ1) is 27.2. The fourth-order valence-electron chi connectivity index (χ4n) is 8.44. The Morgan fingerprint density at radius 3 is 2.29 bits per heavy atom. The second kappa shape index (κ2) is 8.32. The lowest BCUT2D eigenvalue weighted by Gasteiger charge is -2.62. The van der Waals surface area contributed by atoms with Crippen molar-refractivity contribution in [1.29, 1.82) is 0 Å². The minimum Gasteiger partial charge on any atom is -0.392 e. The maximum absolute atomic E-state index is 13.3. The van der Waals surface area contributed by atoms with Gasteiger partial charge in [-0.15, -0.1) is 0 Å². The van der Waals surface area contributed by atoms with Crippen LogP contribution in [0.5, 0.6) is 0 Å². The molecule has 0 radical (unpaired) electrons. The van der Waals surface area contributed by atoms with E-state index in [9.17, 15) is 40.5 Å². The number of carbonyl (C=O) groups is 1. The van der Waals surface area contributed by atoms with Crippen LogP contribution in [0.2, 0.25) is 0 Å². The third kappa shape index (κ3) is 3.95. The highest BCUT2D eigenvalue weighted by Gasteiger charge is 2.71. The molecule has 7 N–H and O–H groups in total. The van der Waals surface area contributed by atoms with Crippen molar-refractivity contribution in [3.63, 3.8) is 0 Å². The highest BCUT2D eigenvalue weighted by Crippen LogP contribution is 2.68. The van der Waals surface area contributed by atoms with Gasteiger partial charge in [0.2, 0.25) is 0 Å². The summed E-state index contributed by atoms with van der Waals surface area (Å²) in [7, 11) is 0. The summed E-state index contributed by atoms with van der Waals surface area (Å²) in [6, 6.07) is 0. The zero-order valence-electron chi connectivity index (χ0n) is 21.6. The van der Waals surface area contributed by atoms with Crippen LogP contribution in [0, 0.1) is 28.6 Å². The van der Waals surface area contributed by atoms with Crippen LogP contribution < -0.4 is 0 Å². The van der Waals surface area contributed by atoms with Crippen LogP contribution >= 0.6 is 0 Å². The van der Waals surface area contributed by atoms with E-state index in [0.717, 1.165) is 0 Å². The third-order valence-corrected chi connectivity index (χ3v) is 10.5. The average Bonchev–Trinajstić information content (AvgIpc) is 2.99. The number of ketones is 1. The minimum atomic E-state index is -1.59. The highest BCUT2D eigenvalue weighted by molar-refractivity contribution is 5.95. The normalized spacial score (nSPS) is 48.3. The lowest BCUT2D eigenvalue weighted by molar-refractivity contribution is -0.197. The van der Waals surface area contributed by atoms with Gasteiger partial charge < -0.3 is 35.7 Å². The van der Waals surface area contributed by atoms with Crippen molar-refractivity contribution in [1.82, 2.24) is 0 Å². The molecule has 11 atom stereocenters. The maximum atomic E-state index is 13.3. The summed E-state index contributed by atoms with van der Waals surface area (Å²) in [6.07, 6.45) is -1.08. The van der Waals surface area contributed by atoms with Gasteiger partial charge in [0, 0.05) is 17.3 Å². The van der Waals surface area contributed by atoms with Crippen molar-refractivity contribution in [3.05, 3.63) is 11.6 Å². The molecule has 3 saturated carbocycles. The Balaban J connectivity index is 1.71. The molecular weight excluding hydrogens is 452 g/mol. The monoisotopic (exact) mass is 496 g/mol. The minimum absolute atomic E-state index is 0.115. The summed E-state index contributed by atoms with van der Waals surface area (Å²) in [5.74, 6) is -1.89. The molecule has 0 bridgehead atoms. The van der Waals surface area contributed by atoms with Crippen molar-refractivity contribution in [2.75, 3.05) is 0 Å². The molecule has 0 heterocycles. The molecule has 0 aliphatic heterocycles. The predicted molar refractivity (Wildman–Crippen MR) is 128 cm³/mol. The molecule has 0 aromatic heterocycles. The van der Waals surface area contributed by atoms with Crippen LogP contribution in [0.4, 0.5) is 0 Å². The molecule has 0 aromatic carbocycles. The number of hydrogen-bond acceptors (Lipinski definition) is 8. The molecule has 0 amide bonds. The Labute approximate surface area is 207 Å². The summed E-state index contributed by atoms with van der Waals surface area (Å²) in [4.78, 5) is 13.3. The van der Waals surface area contributed by atoms with Gasteiger partial charge in [-0.2, -0.15) is 0 Å². The van der Waals surface area contributed by atoms with Gasteiger partial charge in [-0.1, -0.05) is 13.8 Å². The molecule has 0 saturated heterocycles. The van der Waals surface area contributed by atoms with Gasteiger partial charge in [0.1, 0.15) is 0 Å². The van der Waals surface area contributed by atoms with E-state index in [1.807, 2.05) is 13.8 Å². The predicted octanol–water partition coefficient (Wildman–Crippen LogP) is 0.825. The van der Waals surface area contributed by atoms with Crippen LogP contribution in [-0.4, -0.2) is 82.7 Å². The standard InChI is InChI=1S/C27H44O8/c1-23(2,33)8-7-21(32)26(5,34)20-6-9-27(35)15-11-16(28)14-10-17(29)18(30)12-24(14,3)22(15)19(31)13-25(20,27)4/h11,14,17-22,29-35H,6-10,12-13H2,1-5H3/t14-,17-,18+,19+,20+,21-,22+,24-,25-,26+,27+/m0/s1. The SMILES string of the molecule is CC(C)(O)CC[C@H](O)[C@](C)(O)[C@@H]1CC[C@@]2(O)C3=CC(=O)[C@@H]4C[C@H](O)[C@H](O)C[C@]4(C)[C@H]3[C@H](O)C[C@@]12C. The number of rotatable bonds is 5. The quantitative estimate of drug-likeness (QED) is 0.295. The number of aliphatic hydroxyl groups is 7. The topological polar surface area (TPSA) is 159 Å². The van der Waals surface area contributed by atoms with Gasteiger partial charge in [-0.25, -0.2) is 0 Å². The van der Waals surface area contributed by atoms with Crippen LogP contribution in [0.1, 0.15) is 79.6 Å². The molecule has 0 spiro atoms. The first-order chi connectivity index (χ1) is 15.9. The summed E-state index contributed by atoms with van der Waals surface area (Å²) >= 11 is 0. The average molecular weight is 497 g/mol. The number of carbonyl (C=O) groups excluding carboxylic acids is 1. The van der Waals surface area contributed by atoms with Crippen molar-refractivity contribution >= 4 is 5.78 Å². The highest BCUT2D eigenvalue weighted by atomic mass is 16.3. The molecule has 0 unspecified atom stereocenters. The summed E-state index contributed by atoms with van der Waals surface area (Å²) in [5, 5.41) is 77.0. The van der Waals surface area contributed by atoms with Crippen LogP contribution in [0.3, 0.4) is 0 Å². The Bertz CT molecular complexity index is 892. The fraction of sp³-hybridized carbons (Fsp3) is 0.889. The second-order valence-electron chi connectivity index (χ2n) is 13.3. The summed E-state index contributed by atoms with van der Waals surface area (Å²) < 4.78 is 0. The molecule has 0 aromatic rings. The molecule has 8 heteroatoms.